The summed E-state index contributed by atoms with van der Waals surface area (Å²) in [6.45, 7) is 3.98. The lowest BCUT2D eigenvalue weighted by Crippen LogP contribution is -2.56. The fourth-order valence-electron chi connectivity index (χ4n) is 4.11. The number of carboxylic acids is 1. The van der Waals surface area contributed by atoms with Crippen LogP contribution in [-0.2, 0) is 19.1 Å². The van der Waals surface area contributed by atoms with Crippen molar-refractivity contribution in [1.82, 2.24) is 20.1 Å². The molecular formula is C27H35N5O7. The van der Waals surface area contributed by atoms with E-state index in [1.807, 2.05) is 36.4 Å². The van der Waals surface area contributed by atoms with Crippen molar-refractivity contribution in [3.63, 3.8) is 0 Å². The van der Waals surface area contributed by atoms with E-state index in [9.17, 15) is 24.3 Å². The number of methoxy groups -OCH3 is 1. The summed E-state index contributed by atoms with van der Waals surface area (Å²) in [6, 6.07) is 11.7. The lowest BCUT2D eigenvalue weighted by molar-refractivity contribution is -0.138. The van der Waals surface area contributed by atoms with Crippen molar-refractivity contribution >= 4 is 29.6 Å². The summed E-state index contributed by atoms with van der Waals surface area (Å²) in [5.74, 6) is -2.09. The summed E-state index contributed by atoms with van der Waals surface area (Å²) < 4.78 is 10.1. The first-order valence-electron chi connectivity index (χ1n) is 12.9. The van der Waals surface area contributed by atoms with Crippen LogP contribution in [-0.4, -0.2) is 103 Å². The van der Waals surface area contributed by atoms with Crippen molar-refractivity contribution in [3.05, 3.63) is 48.2 Å². The minimum Gasteiger partial charge on any atom is -0.481 e. The molecule has 0 aliphatic carbocycles. The summed E-state index contributed by atoms with van der Waals surface area (Å²) >= 11 is 0. The zero-order valence-electron chi connectivity index (χ0n) is 22.2. The third kappa shape index (κ3) is 8.67. The van der Waals surface area contributed by atoms with Crippen LogP contribution in [0.1, 0.15) is 30.3 Å². The van der Waals surface area contributed by atoms with E-state index in [0.717, 1.165) is 5.56 Å². The highest BCUT2D eigenvalue weighted by Crippen LogP contribution is 2.22. The van der Waals surface area contributed by atoms with Gasteiger partial charge in [0.2, 0.25) is 5.91 Å². The Hall–Kier alpha value is -4.19. The summed E-state index contributed by atoms with van der Waals surface area (Å²) in [6.07, 6.45) is -0.838. The van der Waals surface area contributed by atoms with E-state index in [2.05, 4.69) is 15.6 Å². The number of ether oxygens (including phenoxy) is 2. The molecular weight excluding hydrogens is 506 g/mol. The van der Waals surface area contributed by atoms with E-state index in [1.165, 1.54) is 9.80 Å². The van der Waals surface area contributed by atoms with Crippen LogP contribution in [0.5, 0.6) is 0 Å². The van der Waals surface area contributed by atoms with Gasteiger partial charge in [-0.15, -0.1) is 0 Å². The third-order valence-corrected chi connectivity index (χ3v) is 6.13. The molecule has 1 aliphatic rings. The minimum atomic E-state index is -1.08. The maximum atomic E-state index is 13.4. The SMILES string of the molecule is CCOC(=O)N1CCN(C(=O)[C@H](CCC(=O)O)NC(=O)c2cc(NCCOC)cc(-c3ccccc3)n2)CC1. The molecule has 1 atom stereocenters. The summed E-state index contributed by atoms with van der Waals surface area (Å²) in [5, 5.41) is 15.1. The molecule has 1 saturated heterocycles. The zero-order chi connectivity index (χ0) is 28.2. The molecule has 0 unspecified atom stereocenters. The molecule has 12 nitrogen and oxygen atoms in total. The first kappa shape index (κ1) is 29.4. The number of rotatable bonds is 12. The number of aromatic nitrogens is 1. The Labute approximate surface area is 227 Å². The van der Waals surface area contributed by atoms with Gasteiger partial charge < -0.3 is 35.0 Å². The molecule has 3 amide bonds. The van der Waals surface area contributed by atoms with Crippen LogP contribution in [0.25, 0.3) is 11.3 Å². The third-order valence-electron chi connectivity index (χ3n) is 6.13. The van der Waals surface area contributed by atoms with E-state index in [0.29, 0.717) is 24.5 Å². The van der Waals surface area contributed by atoms with E-state index in [-0.39, 0.29) is 51.3 Å². The summed E-state index contributed by atoms with van der Waals surface area (Å²) in [5.41, 5.74) is 2.10. The lowest BCUT2D eigenvalue weighted by Gasteiger charge is -2.35. The van der Waals surface area contributed by atoms with Crippen molar-refractivity contribution < 1.29 is 33.8 Å². The van der Waals surface area contributed by atoms with Crippen LogP contribution >= 0.6 is 0 Å². The Bertz CT molecular complexity index is 1140. The van der Waals surface area contributed by atoms with E-state index >= 15 is 0 Å². The smallest absolute Gasteiger partial charge is 0.409 e. The molecule has 2 aromatic rings. The highest BCUT2D eigenvalue weighted by molar-refractivity contribution is 5.97. The van der Waals surface area contributed by atoms with Gasteiger partial charge in [-0.05, 0) is 25.5 Å². The van der Waals surface area contributed by atoms with Gasteiger partial charge >= 0.3 is 12.1 Å². The fraction of sp³-hybridized carbons (Fsp3) is 0.444. The molecule has 3 N–H and O–H groups in total. The van der Waals surface area contributed by atoms with Crippen molar-refractivity contribution in [2.24, 2.45) is 0 Å². The van der Waals surface area contributed by atoms with Crippen LogP contribution in [0.2, 0.25) is 0 Å². The monoisotopic (exact) mass is 541 g/mol. The van der Waals surface area contributed by atoms with Gasteiger partial charge in [0.15, 0.2) is 0 Å². The number of carboxylic acid groups (broad SMARTS) is 1. The number of hydrogen-bond donors (Lipinski definition) is 3. The first-order chi connectivity index (χ1) is 18.8. The maximum Gasteiger partial charge on any atom is 0.409 e. The Morgan fingerprint density at radius 1 is 1.05 bits per heavy atom. The number of anilines is 1. The van der Waals surface area contributed by atoms with Crippen molar-refractivity contribution in [1.29, 1.82) is 0 Å². The van der Waals surface area contributed by atoms with Crippen molar-refractivity contribution in [2.75, 3.05) is 58.4 Å². The second-order valence-corrected chi connectivity index (χ2v) is 8.88. The van der Waals surface area contributed by atoms with Gasteiger partial charge in [-0.1, -0.05) is 30.3 Å². The number of amides is 3. The van der Waals surface area contributed by atoms with E-state index < -0.39 is 29.9 Å². The van der Waals surface area contributed by atoms with Gasteiger partial charge in [0.1, 0.15) is 11.7 Å². The predicted molar refractivity (Wildman–Crippen MR) is 143 cm³/mol. The Balaban J connectivity index is 1.78. The van der Waals surface area contributed by atoms with E-state index in [1.54, 1.807) is 20.1 Å². The number of nitrogens with zero attached hydrogens (tertiary/aromatic N) is 3. The maximum absolute atomic E-state index is 13.4. The normalized spacial score (nSPS) is 13.9. The number of carbonyl (C=O) groups excluding carboxylic acids is 3. The number of nitrogens with one attached hydrogen (secondary N) is 2. The molecule has 39 heavy (non-hydrogen) atoms. The molecule has 12 heteroatoms. The van der Waals surface area contributed by atoms with Crippen LogP contribution in [0, 0.1) is 0 Å². The van der Waals surface area contributed by atoms with Gasteiger partial charge in [0.05, 0.1) is 18.9 Å². The van der Waals surface area contributed by atoms with Gasteiger partial charge in [0, 0.05) is 57.5 Å². The molecule has 210 valence electrons. The van der Waals surface area contributed by atoms with Crippen LogP contribution < -0.4 is 10.6 Å². The average molecular weight is 542 g/mol. The average Bonchev–Trinajstić information content (AvgIpc) is 2.95. The highest BCUT2D eigenvalue weighted by Gasteiger charge is 2.31. The molecule has 1 fully saturated rings. The summed E-state index contributed by atoms with van der Waals surface area (Å²) in [4.78, 5) is 57.5. The Morgan fingerprint density at radius 3 is 2.38 bits per heavy atom. The summed E-state index contributed by atoms with van der Waals surface area (Å²) in [7, 11) is 1.59. The second kappa shape index (κ2) is 14.7. The number of carbonyl (C=O) groups is 4. The molecule has 0 radical (unpaired) electrons. The van der Waals surface area contributed by atoms with Gasteiger partial charge in [-0.3, -0.25) is 14.4 Å². The van der Waals surface area contributed by atoms with Gasteiger partial charge in [-0.2, -0.15) is 0 Å². The second-order valence-electron chi connectivity index (χ2n) is 8.88. The van der Waals surface area contributed by atoms with Crippen LogP contribution in [0.4, 0.5) is 10.5 Å². The predicted octanol–water partition coefficient (Wildman–Crippen LogP) is 2.07. The molecule has 2 heterocycles. The lowest BCUT2D eigenvalue weighted by atomic mass is 10.1. The molecule has 1 aliphatic heterocycles. The van der Waals surface area contributed by atoms with Gasteiger partial charge in [0.25, 0.3) is 5.91 Å². The molecule has 0 bridgehead atoms. The Morgan fingerprint density at radius 2 is 1.74 bits per heavy atom. The first-order valence-corrected chi connectivity index (χ1v) is 12.9. The molecule has 1 aromatic heterocycles. The van der Waals surface area contributed by atoms with Gasteiger partial charge in [-0.25, -0.2) is 9.78 Å². The fourth-order valence-corrected chi connectivity index (χ4v) is 4.11. The number of benzene rings is 1. The van der Waals surface area contributed by atoms with Crippen molar-refractivity contribution in [3.8, 4) is 11.3 Å². The largest absolute Gasteiger partial charge is 0.481 e. The van der Waals surface area contributed by atoms with Crippen LogP contribution in [0.15, 0.2) is 42.5 Å². The topological polar surface area (TPSA) is 150 Å². The number of hydrogen-bond acceptors (Lipinski definition) is 8. The number of pyridine rings is 1. The van der Waals surface area contributed by atoms with Crippen molar-refractivity contribution in [2.45, 2.75) is 25.8 Å². The highest BCUT2D eigenvalue weighted by atomic mass is 16.6. The standard InChI is InChI=1S/C27H35N5O7/c1-3-39-27(37)32-14-12-31(13-15-32)26(36)21(9-10-24(33)34)30-25(35)23-18-20(28-11-16-38-2)17-22(29-23)19-7-5-4-6-8-19/h4-8,17-18,21H,3,9-16H2,1-2H3,(H,28,29)(H,30,35)(H,33,34)/t21-/m0/s1. The molecule has 0 spiro atoms. The molecule has 1 aromatic carbocycles. The Kier molecular flexibility index (Phi) is 11.0. The quantitative estimate of drug-likeness (QED) is 0.343. The van der Waals surface area contributed by atoms with Crippen LogP contribution in [0.3, 0.4) is 0 Å². The molecule has 0 saturated carbocycles. The number of aliphatic carboxylic acids is 1. The van der Waals surface area contributed by atoms with E-state index in [4.69, 9.17) is 9.47 Å². The zero-order valence-corrected chi connectivity index (χ0v) is 22.2. The number of piperazine rings is 1. The minimum absolute atomic E-state index is 0.0801. The molecule has 3 rings (SSSR count).